The summed E-state index contributed by atoms with van der Waals surface area (Å²) in [4.78, 5) is 31.3. The molecule has 0 N–H and O–H groups in total. The fourth-order valence-corrected chi connectivity index (χ4v) is 1.37. The van der Waals surface area contributed by atoms with Gasteiger partial charge in [0.1, 0.15) is 6.61 Å². The van der Waals surface area contributed by atoms with E-state index >= 15 is 0 Å². The first kappa shape index (κ1) is 16.1. The molecular formula is C10H8Cl2N2O6. The topological polar surface area (TPSA) is 113 Å². The minimum atomic E-state index is -0.951. The van der Waals surface area contributed by atoms with E-state index in [4.69, 9.17) is 27.9 Å². The number of nitro groups is 2. The molecule has 1 rings (SSSR count). The second-order valence-electron chi connectivity index (χ2n) is 3.60. The van der Waals surface area contributed by atoms with Crippen LogP contribution in [0.3, 0.4) is 0 Å². The molecule has 20 heavy (non-hydrogen) atoms. The predicted molar refractivity (Wildman–Crippen MR) is 70.4 cm³/mol. The van der Waals surface area contributed by atoms with Crippen molar-refractivity contribution < 1.29 is 19.4 Å². The molecule has 0 saturated heterocycles. The Morgan fingerprint density at radius 1 is 1.20 bits per heavy atom. The van der Waals surface area contributed by atoms with Gasteiger partial charge in [0.05, 0.1) is 26.9 Å². The second-order valence-corrected chi connectivity index (χ2v) is 4.53. The molecule has 0 bridgehead atoms. The van der Waals surface area contributed by atoms with Gasteiger partial charge in [-0.1, -0.05) is 0 Å². The number of rotatable bonds is 6. The summed E-state index contributed by atoms with van der Waals surface area (Å²) in [5.41, 5.74) is -1.46. The quantitative estimate of drug-likeness (QED) is 0.344. The number of carbonyl (C=O) groups is 1. The number of carbonyl (C=O) groups excluding carboxylic acids is 1. The van der Waals surface area contributed by atoms with Crippen LogP contribution in [0.25, 0.3) is 0 Å². The Bertz CT molecular complexity index is 518. The van der Waals surface area contributed by atoms with Gasteiger partial charge in [0.15, 0.2) is 0 Å². The summed E-state index contributed by atoms with van der Waals surface area (Å²) in [6.07, 6.45) is 0. The molecule has 0 spiro atoms. The Morgan fingerprint density at radius 3 is 2.10 bits per heavy atom. The van der Waals surface area contributed by atoms with Crippen molar-refractivity contribution in [2.45, 2.75) is 5.38 Å². The number of benzene rings is 1. The Morgan fingerprint density at radius 2 is 1.70 bits per heavy atom. The van der Waals surface area contributed by atoms with Gasteiger partial charge in [0, 0.05) is 18.0 Å². The number of non-ortho nitro benzene ring substituents is 2. The molecular weight excluding hydrogens is 315 g/mol. The van der Waals surface area contributed by atoms with Crippen molar-refractivity contribution in [3.05, 3.63) is 44.0 Å². The second kappa shape index (κ2) is 7.01. The zero-order valence-corrected chi connectivity index (χ0v) is 11.3. The summed E-state index contributed by atoms with van der Waals surface area (Å²) < 4.78 is 4.75. The lowest BCUT2D eigenvalue weighted by Gasteiger charge is -2.07. The van der Waals surface area contributed by atoms with Gasteiger partial charge in [0.25, 0.3) is 11.4 Å². The summed E-state index contributed by atoms with van der Waals surface area (Å²) in [5, 5.41) is 20.7. The first-order valence-electron chi connectivity index (χ1n) is 5.16. The average Bonchev–Trinajstić information content (AvgIpc) is 2.43. The van der Waals surface area contributed by atoms with Crippen LogP contribution in [-0.2, 0) is 4.74 Å². The lowest BCUT2D eigenvalue weighted by atomic mass is 10.2. The first-order valence-corrected chi connectivity index (χ1v) is 6.13. The minimum Gasteiger partial charge on any atom is -0.460 e. The SMILES string of the molecule is O=C(OC[C@H](Cl)CCl)c1cc([N+](=O)[O-])cc([N+](=O)[O-])c1. The van der Waals surface area contributed by atoms with Gasteiger partial charge < -0.3 is 4.74 Å². The van der Waals surface area contributed by atoms with Crippen LogP contribution in [0.1, 0.15) is 10.4 Å². The van der Waals surface area contributed by atoms with Gasteiger partial charge in [-0.05, 0) is 0 Å². The molecule has 1 atom stereocenters. The number of halogens is 2. The normalized spacial score (nSPS) is 11.7. The summed E-state index contributed by atoms with van der Waals surface area (Å²) in [5.74, 6) is -0.906. The number of alkyl halides is 2. The Balaban J connectivity index is 3.01. The van der Waals surface area contributed by atoms with Crippen molar-refractivity contribution >= 4 is 40.5 Å². The van der Waals surface area contributed by atoms with Gasteiger partial charge in [-0.2, -0.15) is 0 Å². The van der Waals surface area contributed by atoms with Crippen molar-refractivity contribution in [2.24, 2.45) is 0 Å². The Kier molecular flexibility index (Phi) is 5.66. The molecule has 0 fully saturated rings. The van der Waals surface area contributed by atoms with Gasteiger partial charge in [-0.3, -0.25) is 20.2 Å². The zero-order chi connectivity index (χ0) is 15.3. The third-order valence-electron chi connectivity index (χ3n) is 2.12. The molecule has 0 aliphatic carbocycles. The maximum Gasteiger partial charge on any atom is 0.338 e. The van der Waals surface area contributed by atoms with E-state index in [2.05, 4.69) is 0 Å². The largest absolute Gasteiger partial charge is 0.460 e. The average molecular weight is 323 g/mol. The van der Waals surface area contributed by atoms with Gasteiger partial charge in [-0.25, -0.2) is 4.79 Å². The van der Waals surface area contributed by atoms with Crippen molar-refractivity contribution in [1.82, 2.24) is 0 Å². The highest BCUT2D eigenvalue weighted by Gasteiger charge is 2.21. The van der Waals surface area contributed by atoms with Gasteiger partial charge >= 0.3 is 5.97 Å². The van der Waals surface area contributed by atoms with Gasteiger partial charge in [-0.15, -0.1) is 23.2 Å². The van der Waals surface area contributed by atoms with Crippen LogP contribution < -0.4 is 0 Å². The van der Waals surface area contributed by atoms with E-state index in [1.807, 2.05) is 0 Å². The van der Waals surface area contributed by atoms with Crippen LogP contribution in [0.4, 0.5) is 11.4 Å². The van der Waals surface area contributed by atoms with Crippen molar-refractivity contribution in [2.75, 3.05) is 12.5 Å². The van der Waals surface area contributed by atoms with Crippen molar-refractivity contribution in [1.29, 1.82) is 0 Å². The minimum absolute atomic E-state index is 0.0456. The lowest BCUT2D eigenvalue weighted by Crippen LogP contribution is -2.15. The number of nitro benzene ring substituents is 2. The summed E-state index contributed by atoms with van der Waals surface area (Å²) in [6.45, 7) is -0.208. The molecule has 0 heterocycles. The van der Waals surface area contributed by atoms with E-state index in [-0.39, 0.29) is 18.1 Å². The van der Waals surface area contributed by atoms with Crippen LogP contribution in [0.2, 0.25) is 0 Å². The molecule has 10 heteroatoms. The van der Waals surface area contributed by atoms with Gasteiger partial charge in [0.2, 0.25) is 0 Å². The van der Waals surface area contributed by atoms with Crippen LogP contribution in [0.5, 0.6) is 0 Å². The maximum atomic E-state index is 11.6. The molecule has 0 saturated carbocycles. The maximum absolute atomic E-state index is 11.6. The van der Waals surface area contributed by atoms with Crippen LogP contribution in [0, 0.1) is 20.2 Å². The fraction of sp³-hybridized carbons (Fsp3) is 0.300. The highest BCUT2D eigenvalue weighted by Crippen LogP contribution is 2.23. The zero-order valence-electron chi connectivity index (χ0n) is 9.82. The number of esters is 1. The third kappa shape index (κ3) is 4.32. The van der Waals surface area contributed by atoms with Crippen LogP contribution >= 0.6 is 23.2 Å². The van der Waals surface area contributed by atoms with E-state index in [1.165, 1.54) is 0 Å². The van der Waals surface area contributed by atoms with E-state index in [0.717, 1.165) is 18.2 Å². The molecule has 1 aromatic rings. The molecule has 0 unspecified atom stereocenters. The number of ether oxygens (including phenoxy) is 1. The summed E-state index contributed by atoms with van der Waals surface area (Å²) in [6, 6.07) is 2.53. The van der Waals surface area contributed by atoms with Crippen LogP contribution in [0.15, 0.2) is 18.2 Å². The standard InChI is InChI=1S/C10H8Cl2N2O6/c11-4-7(12)5-20-10(15)6-1-8(13(16)17)3-9(2-6)14(18)19/h1-3,7H,4-5H2/t7-/m1/s1. The summed E-state index contributed by atoms with van der Waals surface area (Å²) >= 11 is 11.0. The van der Waals surface area contributed by atoms with E-state index < -0.39 is 32.6 Å². The molecule has 0 radical (unpaired) electrons. The third-order valence-corrected chi connectivity index (χ3v) is 2.93. The predicted octanol–water partition coefficient (Wildman–Crippen LogP) is 2.51. The monoisotopic (exact) mass is 322 g/mol. The molecule has 0 amide bonds. The highest BCUT2D eigenvalue weighted by atomic mass is 35.5. The first-order chi connectivity index (χ1) is 9.35. The molecule has 0 aromatic heterocycles. The number of hydrogen-bond donors (Lipinski definition) is 0. The molecule has 8 nitrogen and oxygen atoms in total. The van der Waals surface area contributed by atoms with E-state index in [9.17, 15) is 25.0 Å². The molecule has 0 aliphatic heterocycles. The number of nitrogens with zero attached hydrogens (tertiary/aromatic N) is 2. The van der Waals surface area contributed by atoms with Crippen molar-refractivity contribution in [3.8, 4) is 0 Å². The van der Waals surface area contributed by atoms with E-state index in [1.54, 1.807) is 0 Å². The number of hydrogen-bond acceptors (Lipinski definition) is 6. The Labute approximate surface area is 122 Å². The fourth-order valence-electron chi connectivity index (χ4n) is 1.22. The Hall–Kier alpha value is -1.93. The molecule has 1 aromatic carbocycles. The van der Waals surface area contributed by atoms with Crippen LogP contribution in [-0.4, -0.2) is 33.7 Å². The van der Waals surface area contributed by atoms with Crippen molar-refractivity contribution in [3.63, 3.8) is 0 Å². The highest BCUT2D eigenvalue weighted by molar-refractivity contribution is 6.28. The molecule has 108 valence electrons. The summed E-state index contributed by atoms with van der Waals surface area (Å²) in [7, 11) is 0. The smallest absolute Gasteiger partial charge is 0.338 e. The molecule has 0 aliphatic rings. The van der Waals surface area contributed by atoms with E-state index in [0.29, 0.717) is 0 Å². The lowest BCUT2D eigenvalue weighted by molar-refractivity contribution is -0.394.